The fourth-order valence-corrected chi connectivity index (χ4v) is 2.34. The van der Waals surface area contributed by atoms with Crippen molar-refractivity contribution < 1.29 is 14.7 Å². The third kappa shape index (κ3) is 2.96. The lowest BCUT2D eigenvalue weighted by Crippen LogP contribution is -2.40. The van der Waals surface area contributed by atoms with Gasteiger partial charge in [0.2, 0.25) is 0 Å². The van der Waals surface area contributed by atoms with Gasteiger partial charge in [-0.05, 0) is 39.9 Å². The van der Waals surface area contributed by atoms with Crippen LogP contribution in [0.15, 0.2) is 35.1 Å². The van der Waals surface area contributed by atoms with Crippen molar-refractivity contribution in [3.05, 3.63) is 40.6 Å². The van der Waals surface area contributed by atoms with E-state index in [1.165, 1.54) is 0 Å². The lowest BCUT2D eigenvalue weighted by atomic mass is 10.1. The number of hydrogen-bond acceptors (Lipinski definition) is 3. The van der Waals surface area contributed by atoms with Crippen molar-refractivity contribution in [2.45, 2.75) is 19.4 Å². The molecule has 1 aromatic heterocycles. The molecule has 0 fully saturated rings. The molecule has 0 radical (unpaired) electrons. The molecule has 1 atom stereocenters. The number of fused-ring (bicyclic) bond motifs is 1. The Hall–Kier alpha value is -1.95. The van der Waals surface area contributed by atoms with Gasteiger partial charge in [0.1, 0.15) is 6.04 Å². The Morgan fingerprint density at radius 2 is 2.15 bits per heavy atom. The number of aromatic nitrogens is 1. The zero-order chi connectivity index (χ0) is 14.7. The summed E-state index contributed by atoms with van der Waals surface area (Å²) < 4.78 is 0.846. The van der Waals surface area contributed by atoms with Crippen molar-refractivity contribution in [3.63, 3.8) is 0 Å². The van der Waals surface area contributed by atoms with E-state index in [1.807, 2.05) is 0 Å². The maximum absolute atomic E-state index is 12.0. The van der Waals surface area contributed by atoms with Crippen LogP contribution < -0.4 is 5.32 Å². The second-order valence-corrected chi connectivity index (χ2v) is 5.18. The molecule has 0 aliphatic rings. The van der Waals surface area contributed by atoms with Crippen LogP contribution in [0, 0.1) is 0 Å². The van der Waals surface area contributed by atoms with Gasteiger partial charge in [-0.3, -0.25) is 9.78 Å². The third-order valence-electron chi connectivity index (χ3n) is 2.98. The number of nitrogens with one attached hydrogen (secondary N) is 1. The van der Waals surface area contributed by atoms with Gasteiger partial charge in [-0.25, -0.2) is 4.79 Å². The second-order valence-electron chi connectivity index (χ2n) is 4.33. The lowest BCUT2D eigenvalue weighted by Gasteiger charge is -2.12. The molecular formula is C14H13BrN2O3. The van der Waals surface area contributed by atoms with E-state index in [9.17, 15) is 9.59 Å². The molecule has 2 N–H and O–H groups in total. The van der Waals surface area contributed by atoms with Crippen LogP contribution in [0.3, 0.4) is 0 Å². The van der Waals surface area contributed by atoms with Crippen molar-refractivity contribution in [1.29, 1.82) is 0 Å². The minimum atomic E-state index is -1.04. The number of carboxylic acid groups (broad SMARTS) is 1. The molecule has 0 bridgehead atoms. The Kier molecular flexibility index (Phi) is 4.34. The molecule has 0 saturated carbocycles. The number of nitrogens with zero attached hydrogens (tertiary/aromatic N) is 1. The maximum atomic E-state index is 12.0. The van der Waals surface area contributed by atoms with E-state index in [1.54, 1.807) is 37.5 Å². The minimum absolute atomic E-state index is 0.335. The first-order valence-corrected chi connectivity index (χ1v) is 6.89. The van der Waals surface area contributed by atoms with Crippen LogP contribution in [-0.2, 0) is 4.79 Å². The Morgan fingerprint density at radius 1 is 1.40 bits per heavy atom. The molecule has 1 amide bonds. The van der Waals surface area contributed by atoms with Crippen LogP contribution in [0.25, 0.3) is 10.8 Å². The van der Waals surface area contributed by atoms with E-state index in [0.717, 1.165) is 15.2 Å². The summed E-state index contributed by atoms with van der Waals surface area (Å²) in [6, 6.07) is 4.28. The fraction of sp³-hybridized carbons (Fsp3) is 0.214. The first kappa shape index (κ1) is 14.5. The lowest BCUT2D eigenvalue weighted by molar-refractivity contribution is -0.139. The van der Waals surface area contributed by atoms with Crippen LogP contribution in [0.4, 0.5) is 0 Å². The van der Waals surface area contributed by atoms with Crippen LogP contribution in [0.2, 0.25) is 0 Å². The quantitative estimate of drug-likeness (QED) is 0.899. The predicted octanol–water partition coefficient (Wildman–Crippen LogP) is 2.59. The topological polar surface area (TPSA) is 79.3 Å². The summed E-state index contributed by atoms with van der Waals surface area (Å²) in [6.07, 6.45) is 3.67. The average molecular weight is 337 g/mol. The highest BCUT2D eigenvalue weighted by atomic mass is 79.9. The van der Waals surface area contributed by atoms with Gasteiger partial charge in [-0.2, -0.15) is 0 Å². The zero-order valence-electron chi connectivity index (χ0n) is 10.8. The van der Waals surface area contributed by atoms with Crippen molar-refractivity contribution in [1.82, 2.24) is 10.3 Å². The highest BCUT2D eigenvalue weighted by molar-refractivity contribution is 9.10. The van der Waals surface area contributed by atoms with Gasteiger partial charge in [-0.15, -0.1) is 0 Å². The summed E-state index contributed by atoms with van der Waals surface area (Å²) in [5, 5.41) is 13.2. The number of aliphatic carboxylic acids is 1. The number of carbonyl (C=O) groups excluding carboxylic acids is 1. The largest absolute Gasteiger partial charge is 0.480 e. The molecule has 0 spiro atoms. The molecule has 0 aliphatic heterocycles. The molecule has 0 saturated heterocycles. The normalized spacial score (nSPS) is 12.1. The van der Waals surface area contributed by atoms with E-state index in [2.05, 4.69) is 26.2 Å². The highest BCUT2D eigenvalue weighted by Crippen LogP contribution is 2.23. The molecule has 1 aromatic carbocycles. The van der Waals surface area contributed by atoms with Gasteiger partial charge >= 0.3 is 5.97 Å². The van der Waals surface area contributed by atoms with Crippen LogP contribution in [0.5, 0.6) is 0 Å². The predicted molar refractivity (Wildman–Crippen MR) is 78.6 cm³/mol. The smallest absolute Gasteiger partial charge is 0.326 e. The summed E-state index contributed by atoms with van der Waals surface area (Å²) in [5.41, 5.74) is 0.414. The van der Waals surface area contributed by atoms with E-state index >= 15 is 0 Å². The number of benzene rings is 1. The number of amides is 1. The minimum Gasteiger partial charge on any atom is -0.480 e. The van der Waals surface area contributed by atoms with E-state index in [4.69, 9.17) is 5.11 Å². The average Bonchev–Trinajstić information content (AvgIpc) is 2.44. The van der Waals surface area contributed by atoms with Gasteiger partial charge < -0.3 is 10.4 Å². The number of hydrogen-bond donors (Lipinski definition) is 2. The standard InChI is InChI=1S/C14H13BrN2O3/c1-2-12(14(19)20)17-13(18)8-3-4-10-9(5-8)6-16-7-11(10)15/h3-7,12H,2H2,1H3,(H,17,18)(H,19,20). The summed E-state index contributed by atoms with van der Waals surface area (Å²) in [4.78, 5) is 27.0. The Labute approximate surface area is 124 Å². The summed E-state index contributed by atoms with van der Waals surface area (Å²) in [7, 11) is 0. The van der Waals surface area contributed by atoms with E-state index in [0.29, 0.717) is 12.0 Å². The Bertz CT molecular complexity index is 673. The summed E-state index contributed by atoms with van der Waals surface area (Å²) >= 11 is 3.39. The van der Waals surface area contributed by atoms with Crippen molar-refractivity contribution >= 4 is 38.6 Å². The number of rotatable bonds is 4. The van der Waals surface area contributed by atoms with Gasteiger partial charge in [0.15, 0.2) is 0 Å². The second kappa shape index (κ2) is 6.00. The van der Waals surface area contributed by atoms with Gasteiger partial charge in [0.05, 0.1) is 0 Å². The Morgan fingerprint density at radius 3 is 2.80 bits per heavy atom. The molecular weight excluding hydrogens is 324 g/mol. The fourth-order valence-electron chi connectivity index (χ4n) is 1.86. The van der Waals surface area contributed by atoms with Crippen molar-refractivity contribution in [3.8, 4) is 0 Å². The molecule has 1 unspecified atom stereocenters. The molecule has 0 aliphatic carbocycles. The number of carboxylic acids is 1. The first-order valence-electron chi connectivity index (χ1n) is 6.10. The summed E-state index contributed by atoms with van der Waals surface area (Å²) in [6.45, 7) is 1.71. The van der Waals surface area contributed by atoms with Crippen molar-refractivity contribution in [2.75, 3.05) is 0 Å². The van der Waals surface area contributed by atoms with Crippen LogP contribution in [-0.4, -0.2) is 28.0 Å². The van der Waals surface area contributed by atoms with Crippen LogP contribution in [0.1, 0.15) is 23.7 Å². The van der Waals surface area contributed by atoms with Gasteiger partial charge in [0, 0.05) is 27.8 Å². The van der Waals surface area contributed by atoms with E-state index < -0.39 is 17.9 Å². The maximum Gasteiger partial charge on any atom is 0.326 e. The molecule has 6 heteroatoms. The van der Waals surface area contributed by atoms with E-state index in [-0.39, 0.29) is 0 Å². The summed E-state index contributed by atoms with van der Waals surface area (Å²) in [5.74, 6) is -1.44. The number of carbonyl (C=O) groups is 2. The molecule has 2 aromatic rings. The number of halogens is 1. The molecule has 1 heterocycles. The van der Waals surface area contributed by atoms with Crippen molar-refractivity contribution in [2.24, 2.45) is 0 Å². The first-order chi connectivity index (χ1) is 9.52. The van der Waals surface area contributed by atoms with Gasteiger partial charge in [-0.1, -0.05) is 13.0 Å². The number of pyridine rings is 1. The molecule has 20 heavy (non-hydrogen) atoms. The third-order valence-corrected chi connectivity index (χ3v) is 3.62. The molecule has 5 nitrogen and oxygen atoms in total. The zero-order valence-corrected chi connectivity index (χ0v) is 12.3. The highest BCUT2D eigenvalue weighted by Gasteiger charge is 2.18. The Balaban J connectivity index is 2.29. The monoisotopic (exact) mass is 336 g/mol. The van der Waals surface area contributed by atoms with Gasteiger partial charge in [0.25, 0.3) is 5.91 Å². The molecule has 2 rings (SSSR count). The van der Waals surface area contributed by atoms with Crippen LogP contribution >= 0.6 is 15.9 Å². The SMILES string of the molecule is CCC(NC(=O)c1ccc2c(Br)cncc2c1)C(=O)O. The molecule has 104 valence electrons.